The molecule has 0 amide bonds. The van der Waals surface area contributed by atoms with E-state index in [4.69, 9.17) is 15.1 Å². The molecular weight excluding hydrogens is 156 g/mol. The van der Waals surface area contributed by atoms with E-state index < -0.39 is 6.75 Å². The summed E-state index contributed by atoms with van der Waals surface area (Å²) < 4.78 is 0. The van der Waals surface area contributed by atoms with Crippen LogP contribution in [0.4, 0.5) is 0 Å². The van der Waals surface area contributed by atoms with Crippen molar-refractivity contribution in [1.82, 2.24) is 4.98 Å². The molecule has 0 aliphatic carbocycles. The number of nitrogens with zero attached hydrogens (tertiary/aromatic N) is 1. The summed E-state index contributed by atoms with van der Waals surface area (Å²) in [5, 5.41) is 25.9. The fraction of sp³-hybridized carbons (Fsp3) is 0. The zero-order valence-electron chi connectivity index (χ0n) is 6.18. The monoisotopic (exact) mass is 163 g/mol. The van der Waals surface area contributed by atoms with Crippen molar-refractivity contribution in [3.05, 3.63) is 24.5 Å². The summed E-state index contributed by atoms with van der Waals surface area (Å²) in [7, 11) is 0. The minimum absolute atomic E-state index is 0. The van der Waals surface area contributed by atoms with Crippen molar-refractivity contribution >= 4 is 12.2 Å². The largest absolute Gasteiger partial charge is 1.00 e. The van der Waals surface area contributed by atoms with Crippen molar-refractivity contribution in [3.63, 3.8) is 0 Å². The maximum Gasteiger partial charge on any atom is 1.00 e. The van der Waals surface area contributed by atoms with Crippen LogP contribution in [0.15, 0.2) is 24.5 Å². The van der Waals surface area contributed by atoms with Gasteiger partial charge in [0.1, 0.15) is 0 Å². The SMILES string of the molecule is O[B-](O)(O)c1cccnc1.[Na+]. The molecule has 0 aliphatic rings. The first-order valence-electron chi connectivity index (χ1n) is 2.82. The Morgan fingerprint density at radius 3 is 2.18 bits per heavy atom. The Morgan fingerprint density at radius 2 is 1.91 bits per heavy atom. The van der Waals surface area contributed by atoms with Gasteiger partial charge in [0.25, 0.3) is 0 Å². The van der Waals surface area contributed by atoms with Gasteiger partial charge in [0.2, 0.25) is 0 Å². The Kier molecular flexibility index (Phi) is 4.24. The van der Waals surface area contributed by atoms with E-state index in [9.17, 15) is 0 Å². The first-order valence-corrected chi connectivity index (χ1v) is 2.82. The van der Waals surface area contributed by atoms with Gasteiger partial charge in [-0.3, -0.25) is 4.98 Å². The maximum atomic E-state index is 8.62. The van der Waals surface area contributed by atoms with Crippen LogP contribution in [0.2, 0.25) is 0 Å². The van der Waals surface area contributed by atoms with Gasteiger partial charge < -0.3 is 15.1 Å². The first kappa shape index (κ1) is 11.1. The van der Waals surface area contributed by atoms with Gasteiger partial charge in [0, 0.05) is 6.20 Å². The van der Waals surface area contributed by atoms with E-state index in [2.05, 4.69) is 4.98 Å². The molecule has 0 aliphatic heterocycles. The fourth-order valence-corrected chi connectivity index (χ4v) is 0.605. The Labute approximate surface area is 86.2 Å². The number of rotatable bonds is 1. The van der Waals surface area contributed by atoms with Gasteiger partial charge in [0.05, 0.1) is 0 Å². The van der Waals surface area contributed by atoms with Gasteiger partial charge in [-0.25, -0.2) is 0 Å². The topological polar surface area (TPSA) is 73.6 Å². The molecule has 6 heteroatoms. The molecule has 0 aromatic carbocycles. The van der Waals surface area contributed by atoms with Crippen molar-refractivity contribution in [2.75, 3.05) is 0 Å². The van der Waals surface area contributed by atoms with Crippen LogP contribution in [0, 0.1) is 0 Å². The number of aromatic nitrogens is 1. The summed E-state index contributed by atoms with van der Waals surface area (Å²) in [5.41, 5.74) is 0.0162. The van der Waals surface area contributed by atoms with E-state index in [0.717, 1.165) is 0 Å². The fourth-order valence-electron chi connectivity index (χ4n) is 0.605. The van der Waals surface area contributed by atoms with Gasteiger partial charge in [-0.15, -0.1) is 5.46 Å². The Hall–Kier alpha value is 0.0949. The first-order chi connectivity index (χ1) is 4.61. The van der Waals surface area contributed by atoms with Crippen molar-refractivity contribution < 1.29 is 44.6 Å². The summed E-state index contributed by atoms with van der Waals surface area (Å²) in [6.07, 6.45) is 2.67. The third-order valence-corrected chi connectivity index (χ3v) is 1.13. The van der Waals surface area contributed by atoms with Crippen molar-refractivity contribution in [2.45, 2.75) is 0 Å². The molecule has 1 rings (SSSR count). The van der Waals surface area contributed by atoms with Crippen LogP contribution in [0.1, 0.15) is 0 Å². The van der Waals surface area contributed by atoms with Crippen LogP contribution in [0.25, 0.3) is 0 Å². The van der Waals surface area contributed by atoms with E-state index in [0.29, 0.717) is 0 Å². The Bertz CT molecular complexity index is 213. The van der Waals surface area contributed by atoms with Gasteiger partial charge >= 0.3 is 36.3 Å². The second-order valence-corrected chi connectivity index (χ2v) is 2.02. The number of hydrogen-bond donors (Lipinski definition) is 3. The summed E-state index contributed by atoms with van der Waals surface area (Å²) in [5.74, 6) is 0. The van der Waals surface area contributed by atoms with Crippen LogP contribution < -0.4 is 35.0 Å². The van der Waals surface area contributed by atoms with E-state index in [1.165, 1.54) is 24.5 Å². The molecule has 0 unspecified atom stereocenters. The quantitative estimate of drug-likeness (QED) is 0.363. The van der Waals surface area contributed by atoms with Gasteiger partial charge in [0.15, 0.2) is 0 Å². The smallest absolute Gasteiger partial charge is 0.556 e. The van der Waals surface area contributed by atoms with Gasteiger partial charge in [-0.05, 0) is 12.3 Å². The summed E-state index contributed by atoms with van der Waals surface area (Å²) in [6, 6.07) is 2.89. The van der Waals surface area contributed by atoms with Gasteiger partial charge in [-0.2, -0.15) is 0 Å². The predicted molar refractivity (Wildman–Crippen MR) is 36.3 cm³/mol. The van der Waals surface area contributed by atoms with Crippen LogP contribution in [-0.2, 0) is 0 Å². The summed E-state index contributed by atoms with van der Waals surface area (Å²) >= 11 is 0. The molecule has 0 bridgehead atoms. The van der Waals surface area contributed by atoms with E-state index >= 15 is 0 Å². The molecule has 1 aromatic rings. The van der Waals surface area contributed by atoms with Crippen LogP contribution in [-0.4, -0.2) is 26.8 Å². The Morgan fingerprint density at radius 1 is 1.27 bits per heavy atom. The molecule has 0 atom stereocenters. The van der Waals surface area contributed by atoms with Crippen molar-refractivity contribution in [3.8, 4) is 0 Å². The van der Waals surface area contributed by atoms with E-state index in [1.807, 2.05) is 0 Å². The zero-order chi connectivity index (χ0) is 7.61. The van der Waals surface area contributed by atoms with Crippen LogP contribution in [0.3, 0.4) is 0 Å². The molecule has 0 spiro atoms. The number of hydrogen-bond acceptors (Lipinski definition) is 4. The van der Waals surface area contributed by atoms with Crippen molar-refractivity contribution in [1.29, 1.82) is 0 Å². The van der Waals surface area contributed by atoms with Crippen molar-refractivity contribution in [2.24, 2.45) is 0 Å². The molecule has 11 heavy (non-hydrogen) atoms. The summed E-state index contributed by atoms with van der Waals surface area (Å²) in [4.78, 5) is 3.59. The maximum absolute atomic E-state index is 8.62. The third-order valence-electron chi connectivity index (χ3n) is 1.13. The summed E-state index contributed by atoms with van der Waals surface area (Å²) in [6.45, 7) is -3.37. The average molecular weight is 163 g/mol. The zero-order valence-corrected chi connectivity index (χ0v) is 8.18. The molecule has 0 saturated heterocycles. The minimum atomic E-state index is -3.37. The normalized spacial score (nSPS) is 10.5. The van der Waals surface area contributed by atoms with E-state index in [-0.39, 0.29) is 35.0 Å². The predicted octanol–water partition coefficient (Wildman–Crippen LogP) is -4.79. The molecule has 1 heterocycles. The second-order valence-electron chi connectivity index (χ2n) is 2.02. The van der Waals surface area contributed by atoms with E-state index in [1.54, 1.807) is 0 Å². The third kappa shape index (κ3) is 3.33. The number of pyridine rings is 1. The van der Waals surface area contributed by atoms with Crippen LogP contribution in [0.5, 0.6) is 0 Å². The average Bonchev–Trinajstić information content (AvgIpc) is 1.88. The molecule has 1 aromatic heterocycles. The Balaban J connectivity index is 0.000001000. The molecule has 54 valence electrons. The second kappa shape index (κ2) is 4.20. The molecule has 0 saturated carbocycles. The van der Waals surface area contributed by atoms with Crippen LogP contribution >= 0.6 is 0 Å². The standard InChI is InChI=1S/C5H7BNO3.Na/c8-6(9,10)5-2-1-3-7-4-5;/h1-4,8-10H;/q-1;+1. The molecular formula is C5H7BNNaO3. The molecule has 0 radical (unpaired) electrons. The molecule has 3 N–H and O–H groups in total. The molecule has 4 nitrogen and oxygen atoms in total. The molecule has 0 fully saturated rings. The van der Waals surface area contributed by atoms with Gasteiger partial charge in [-0.1, -0.05) is 6.07 Å². The minimum Gasteiger partial charge on any atom is -0.556 e.